The molecule has 4 aliphatic rings. The SMILES string of the molecule is C[C@@]12CCC[C@@H]1[C@@H]1CC[C@H]3C[C@@H](O)CC[C@]3(C)[C@@H]1CC2. The Labute approximate surface area is 124 Å². The number of fused-ring (bicyclic) bond motifs is 5. The Bertz CT molecular complexity index is 391. The van der Waals surface area contributed by atoms with Crippen LogP contribution in [0.4, 0.5) is 0 Å². The summed E-state index contributed by atoms with van der Waals surface area (Å²) in [6, 6.07) is 0. The summed E-state index contributed by atoms with van der Waals surface area (Å²) >= 11 is 0. The van der Waals surface area contributed by atoms with Gasteiger partial charge in [0.1, 0.15) is 0 Å². The van der Waals surface area contributed by atoms with Gasteiger partial charge in [0.25, 0.3) is 0 Å². The molecular formula is C19H32O. The van der Waals surface area contributed by atoms with Gasteiger partial charge in [0, 0.05) is 0 Å². The fourth-order valence-electron chi connectivity index (χ4n) is 7.23. The average Bonchev–Trinajstić information content (AvgIpc) is 2.81. The van der Waals surface area contributed by atoms with Gasteiger partial charge in [-0.05, 0) is 92.3 Å². The highest BCUT2D eigenvalue weighted by Crippen LogP contribution is 2.66. The largest absolute Gasteiger partial charge is 0.393 e. The Morgan fingerprint density at radius 2 is 1.70 bits per heavy atom. The maximum absolute atomic E-state index is 10.0. The molecule has 0 aliphatic heterocycles. The van der Waals surface area contributed by atoms with Crippen LogP contribution in [0.1, 0.15) is 78.1 Å². The lowest BCUT2D eigenvalue weighted by Crippen LogP contribution is -2.53. The Kier molecular flexibility index (Phi) is 3.05. The highest BCUT2D eigenvalue weighted by atomic mass is 16.3. The third kappa shape index (κ3) is 1.77. The van der Waals surface area contributed by atoms with Crippen molar-refractivity contribution in [3.8, 4) is 0 Å². The van der Waals surface area contributed by atoms with Gasteiger partial charge in [0.2, 0.25) is 0 Å². The molecule has 0 heterocycles. The molecule has 4 aliphatic carbocycles. The van der Waals surface area contributed by atoms with E-state index in [1.54, 1.807) is 0 Å². The van der Waals surface area contributed by atoms with Crippen LogP contribution < -0.4 is 0 Å². The van der Waals surface area contributed by atoms with Crippen molar-refractivity contribution >= 4 is 0 Å². The van der Waals surface area contributed by atoms with Gasteiger partial charge in [-0.15, -0.1) is 0 Å². The minimum absolute atomic E-state index is 0.00459. The van der Waals surface area contributed by atoms with Gasteiger partial charge in [-0.25, -0.2) is 0 Å². The number of aliphatic hydroxyl groups is 1. The van der Waals surface area contributed by atoms with Crippen LogP contribution in [0.3, 0.4) is 0 Å². The van der Waals surface area contributed by atoms with E-state index in [-0.39, 0.29) is 6.10 Å². The second-order valence-corrected chi connectivity index (χ2v) is 9.17. The summed E-state index contributed by atoms with van der Waals surface area (Å²) in [5, 5.41) is 10.0. The van der Waals surface area contributed by atoms with Crippen molar-refractivity contribution in [1.82, 2.24) is 0 Å². The van der Waals surface area contributed by atoms with E-state index in [1.807, 2.05) is 0 Å². The molecule has 1 nitrogen and oxygen atoms in total. The van der Waals surface area contributed by atoms with Crippen molar-refractivity contribution < 1.29 is 5.11 Å². The fourth-order valence-corrected chi connectivity index (χ4v) is 7.23. The van der Waals surface area contributed by atoms with Crippen LogP contribution in [0.2, 0.25) is 0 Å². The maximum Gasteiger partial charge on any atom is 0.0543 e. The monoisotopic (exact) mass is 276 g/mol. The first kappa shape index (κ1) is 13.6. The Morgan fingerprint density at radius 1 is 0.850 bits per heavy atom. The standard InChI is InChI=1S/C19H32O/c1-18-9-3-4-16(18)15-6-5-13-12-14(20)7-11-19(13,2)17(15)8-10-18/h13-17,20H,3-12H2,1-2H3/t13-,14-,15-,16+,17+,18-,19-/m0/s1. The van der Waals surface area contributed by atoms with E-state index in [1.165, 1.54) is 51.4 Å². The fraction of sp³-hybridized carbons (Fsp3) is 1.00. The van der Waals surface area contributed by atoms with E-state index in [4.69, 9.17) is 0 Å². The molecule has 1 heteroatoms. The van der Waals surface area contributed by atoms with E-state index >= 15 is 0 Å². The third-order valence-corrected chi connectivity index (χ3v) is 8.42. The molecule has 4 rings (SSSR count). The van der Waals surface area contributed by atoms with Crippen molar-refractivity contribution in [3.05, 3.63) is 0 Å². The zero-order chi connectivity index (χ0) is 14.0. The molecule has 7 atom stereocenters. The van der Waals surface area contributed by atoms with Crippen LogP contribution in [-0.2, 0) is 0 Å². The van der Waals surface area contributed by atoms with Crippen LogP contribution in [0.15, 0.2) is 0 Å². The summed E-state index contributed by atoms with van der Waals surface area (Å²) in [5.74, 6) is 3.85. The van der Waals surface area contributed by atoms with Crippen LogP contribution in [0.5, 0.6) is 0 Å². The van der Waals surface area contributed by atoms with Gasteiger partial charge in [0.05, 0.1) is 6.10 Å². The van der Waals surface area contributed by atoms with E-state index < -0.39 is 0 Å². The van der Waals surface area contributed by atoms with Crippen LogP contribution >= 0.6 is 0 Å². The predicted octanol–water partition coefficient (Wildman–Crippen LogP) is 4.78. The molecule has 0 bridgehead atoms. The zero-order valence-electron chi connectivity index (χ0n) is 13.4. The lowest BCUT2D eigenvalue weighted by Gasteiger charge is -2.60. The zero-order valence-corrected chi connectivity index (χ0v) is 13.4. The Morgan fingerprint density at radius 3 is 2.55 bits per heavy atom. The van der Waals surface area contributed by atoms with Gasteiger partial charge in [0.15, 0.2) is 0 Å². The second-order valence-electron chi connectivity index (χ2n) is 9.17. The summed E-state index contributed by atoms with van der Waals surface area (Å²) in [6.07, 6.45) is 13.8. The van der Waals surface area contributed by atoms with Gasteiger partial charge in [-0.2, -0.15) is 0 Å². The molecule has 114 valence electrons. The maximum atomic E-state index is 10.0. The van der Waals surface area contributed by atoms with Crippen LogP contribution in [-0.4, -0.2) is 11.2 Å². The number of hydrogen-bond donors (Lipinski definition) is 1. The highest BCUT2D eigenvalue weighted by molar-refractivity contribution is 5.07. The third-order valence-electron chi connectivity index (χ3n) is 8.42. The normalized spacial score (nSPS) is 58.6. The quantitative estimate of drug-likeness (QED) is 0.675. The predicted molar refractivity (Wildman–Crippen MR) is 82.4 cm³/mol. The second kappa shape index (κ2) is 4.48. The van der Waals surface area contributed by atoms with Gasteiger partial charge >= 0.3 is 0 Å². The molecule has 0 unspecified atom stereocenters. The molecule has 0 aromatic rings. The van der Waals surface area contributed by atoms with Crippen molar-refractivity contribution in [2.75, 3.05) is 0 Å². The number of hydrogen-bond acceptors (Lipinski definition) is 1. The molecule has 0 amide bonds. The molecule has 0 radical (unpaired) electrons. The van der Waals surface area contributed by atoms with Crippen LogP contribution in [0.25, 0.3) is 0 Å². The Balaban J connectivity index is 1.62. The van der Waals surface area contributed by atoms with Crippen molar-refractivity contribution in [1.29, 1.82) is 0 Å². The molecule has 0 saturated heterocycles. The molecule has 0 aromatic heterocycles. The minimum Gasteiger partial charge on any atom is -0.393 e. The van der Waals surface area contributed by atoms with Crippen molar-refractivity contribution in [3.63, 3.8) is 0 Å². The highest BCUT2D eigenvalue weighted by Gasteiger charge is 2.57. The summed E-state index contributed by atoms with van der Waals surface area (Å²) in [6.45, 7) is 5.19. The van der Waals surface area contributed by atoms with Gasteiger partial charge < -0.3 is 5.11 Å². The minimum atomic E-state index is 0.00459. The van der Waals surface area contributed by atoms with Gasteiger partial charge in [-0.3, -0.25) is 0 Å². The molecule has 0 spiro atoms. The molecule has 20 heavy (non-hydrogen) atoms. The summed E-state index contributed by atoms with van der Waals surface area (Å²) in [7, 11) is 0. The van der Waals surface area contributed by atoms with Crippen molar-refractivity contribution in [2.24, 2.45) is 34.5 Å². The number of rotatable bonds is 0. The first-order chi connectivity index (χ1) is 9.53. The van der Waals surface area contributed by atoms with E-state index in [2.05, 4.69) is 13.8 Å². The van der Waals surface area contributed by atoms with E-state index in [0.717, 1.165) is 36.5 Å². The summed E-state index contributed by atoms with van der Waals surface area (Å²) < 4.78 is 0. The Hall–Kier alpha value is -0.0400. The van der Waals surface area contributed by atoms with Gasteiger partial charge in [-0.1, -0.05) is 20.3 Å². The molecule has 4 saturated carbocycles. The molecule has 4 fully saturated rings. The molecular weight excluding hydrogens is 244 g/mol. The first-order valence-electron chi connectivity index (χ1n) is 9.21. The molecule has 0 aromatic carbocycles. The van der Waals surface area contributed by atoms with Crippen LogP contribution in [0, 0.1) is 34.5 Å². The smallest absolute Gasteiger partial charge is 0.0543 e. The lowest BCUT2D eigenvalue weighted by molar-refractivity contribution is -0.120. The first-order valence-corrected chi connectivity index (χ1v) is 9.21. The van der Waals surface area contributed by atoms with E-state index in [0.29, 0.717) is 10.8 Å². The summed E-state index contributed by atoms with van der Waals surface area (Å²) in [4.78, 5) is 0. The number of aliphatic hydroxyl groups excluding tert-OH is 1. The van der Waals surface area contributed by atoms with E-state index in [9.17, 15) is 5.11 Å². The summed E-state index contributed by atoms with van der Waals surface area (Å²) in [5.41, 5.74) is 1.25. The van der Waals surface area contributed by atoms with Crippen molar-refractivity contribution in [2.45, 2.75) is 84.2 Å². The average molecular weight is 276 g/mol. The molecule has 1 N–H and O–H groups in total. The lowest BCUT2D eigenvalue weighted by atomic mass is 9.45. The topological polar surface area (TPSA) is 20.2 Å².